The highest BCUT2D eigenvalue weighted by atomic mass is 16.4. The maximum Gasteiger partial charge on any atom is 0.336 e. The van der Waals surface area contributed by atoms with E-state index >= 15 is 0 Å². The Bertz CT molecular complexity index is 433. The highest BCUT2D eigenvalue weighted by Gasteiger charge is 2.39. The lowest BCUT2D eigenvalue weighted by atomic mass is 9.88. The highest BCUT2D eigenvalue weighted by Crippen LogP contribution is 2.19. The van der Waals surface area contributed by atoms with Crippen molar-refractivity contribution in [1.29, 1.82) is 0 Å². The smallest absolute Gasteiger partial charge is 0.336 e. The van der Waals surface area contributed by atoms with Gasteiger partial charge in [0.2, 0.25) is 0 Å². The highest BCUT2D eigenvalue weighted by molar-refractivity contribution is 5.80. The number of hydrogen-bond donors (Lipinski definition) is 4. The third-order valence-electron chi connectivity index (χ3n) is 2.61. The maximum atomic E-state index is 11.1. The lowest BCUT2D eigenvalue weighted by Crippen LogP contribution is -2.48. The Morgan fingerprint density at radius 2 is 1.78 bits per heavy atom. The minimum absolute atomic E-state index is 0.190. The Kier molecular flexibility index (Phi) is 4.41. The van der Waals surface area contributed by atoms with Gasteiger partial charge in [0.1, 0.15) is 6.04 Å². The van der Waals surface area contributed by atoms with Gasteiger partial charge in [-0.3, -0.25) is 4.79 Å². The SMILES string of the molecule is NC(CC(O)(Cc1ccccc1)C(=O)O)C(=O)O. The quantitative estimate of drug-likeness (QED) is 0.559. The largest absolute Gasteiger partial charge is 0.480 e. The molecule has 0 saturated heterocycles. The molecule has 0 aliphatic rings. The predicted molar refractivity (Wildman–Crippen MR) is 63.0 cm³/mol. The van der Waals surface area contributed by atoms with Crippen molar-refractivity contribution >= 4 is 11.9 Å². The van der Waals surface area contributed by atoms with Crippen molar-refractivity contribution in [3.8, 4) is 0 Å². The van der Waals surface area contributed by atoms with Gasteiger partial charge >= 0.3 is 11.9 Å². The summed E-state index contributed by atoms with van der Waals surface area (Å²) >= 11 is 0. The molecule has 1 aromatic carbocycles. The third-order valence-corrected chi connectivity index (χ3v) is 2.61. The second-order valence-corrected chi connectivity index (χ2v) is 4.15. The van der Waals surface area contributed by atoms with Gasteiger partial charge in [0.15, 0.2) is 5.60 Å². The van der Waals surface area contributed by atoms with Crippen LogP contribution in [-0.2, 0) is 16.0 Å². The number of aliphatic hydroxyl groups is 1. The van der Waals surface area contributed by atoms with Crippen LogP contribution < -0.4 is 5.73 Å². The van der Waals surface area contributed by atoms with Crippen molar-refractivity contribution in [2.24, 2.45) is 5.73 Å². The molecule has 0 aromatic heterocycles. The number of hydrogen-bond acceptors (Lipinski definition) is 4. The fourth-order valence-electron chi connectivity index (χ4n) is 1.62. The molecule has 98 valence electrons. The van der Waals surface area contributed by atoms with Gasteiger partial charge in [0, 0.05) is 12.8 Å². The van der Waals surface area contributed by atoms with Crippen LogP contribution in [0.2, 0.25) is 0 Å². The van der Waals surface area contributed by atoms with Crippen molar-refractivity contribution < 1.29 is 24.9 Å². The molecule has 0 aliphatic carbocycles. The van der Waals surface area contributed by atoms with Gasteiger partial charge in [-0.2, -0.15) is 0 Å². The standard InChI is InChI=1S/C12H15NO5/c13-9(10(14)15)7-12(18,11(16)17)6-8-4-2-1-3-5-8/h1-5,9,18H,6-7,13H2,(H,14,15)(H,16,17). The average molecular weight is 253 g/mol. The van der Waals surface area contributed by atoms with Crippen molar-refractivity contribution in [1.82, 2.24) is 0 Å². The summed E-state index contributed by atoms with van der Waals surface area (Å²) < 4.78 is 0. The first-order valence-corrected chi connectivity index (χ1v) is 5.33. The lowest BCUT2D eigenvalue weighted by molar-refractivity contribution is -0.160. The first kappa shape index (κ1) is 14.1. The van der Waals surface area contributed by atoms with Crippen LogP contribution in [0.25, 0.3) is 0 Å². The summed E-state index contributed by atoms with van der Waals surface area (Å²) in [7, 11) is 0. The molecule has 5 N–H and O–H groups in total. The molecule has 0 saturated carbocycles. The number of rotatable bonds is 6. The van der Waals surface area contributed by atoms with E-state index in [-0.39, 0.29) is 6.42 Å². The van der Waals surface area contributed by atoms with Crippen molar-refractivity contribution in [2.45, 2.75) is 24.5 Å². The van der Waals surface area contributed by atoms with Crippen molar-refractivity contribution in [3.63, 3.8) is 0 Å². The van der Waals surface area contributed by atoms with Crippen LogP contribution in [0.15, 0.2) is 30.3 Å². The number of carboxylic acid groups (broad SMARTS) is 2. The molecule has 0 spiro atoms. The fourth-order valence-corrected chi connectivity index (χ4v) is 1.62. The van der Waals surface area contributed by atoms with Crippen LogP contribution in [0.5, 0.6) is 0 Å². The van der Waals surface area contributed by atoms with E-state index < -0.39 is 30.0 Å². The van der Waals surface area contributed by atoms with Gasteiger partial charge in [-0.1, -0.05) is 30.3 Å². The van der Waals surface area contributed by atoms with E-state index in [0.29, 0.717) is 5.56 Å². The molecule has 18 heavy (non-hydrogen) atoms. The molecule has 0 fully saturated rings. The van der Waals surface area contributed by atoms with Gasteiger partial charge in [-0.25, -0.2) is 4.79 Å². The second kappa shape index (κ2) is 5.61. The van der Waals surface area contributed by atoms with Crippen molar-refractivity contribution in [2.75, 3.05) is 0 Å². The normalized spacial score (nSPS) is 15.7. The summed E-state index contributed by atoms with van der Waals surface area (Å²) in [5, 5.41) is 27.7. The summed E-state index contributed by atoms with van der Waals surface area (Å²) in [5.74, 6) is -2.83. The Morgan fingerprint density at radius 1 is 1.22 bits per heavy atom. The molecular formula is C12H15NO5. The van der Waals surface area contributed by atoms with E-state index in [1.807, 2.05) is 0 Å². The Morgan fingerprint density at radius 3 is 2.22 bits per heavy atom. The van der Waals surface area contributed by atoms with Gasteiger partial charge in [0.25, 0.3) is 0 Å². The molecule has 0 radical (unpaired) electrons. The monoisotopic (exact) mass is 253 g/mol. The topological polar surface area (TPSA) is 121 Å². The molecule has 1 rings (SSSR count). The molecule has 1 aromatic rings. The van der Waals surface area contributed by atoms with Gasteiger partial charge in [-0.05, 0) is 5.56 Å². The predicted octanol–water partition coefficient (Wildman–Crippen LogP) is -0.153. The maximum absolute atomic E-state index is 11.1. The van der Waals surface area contributed by atoms with Crippen LogP contribution in [0, 0.1) is 0 Å². The average Bonchev–Trinajstić information content (AvgIpc) is 2.29. The van der Waals surface area contributed by atoms with Gasteiger partial charge in [0.05, 0.1) is 0 Å². The number of carbonyl (C=O) groups is 2. The van der Waals surface area contributed by atoms with Crippen LogP contribution in [0.3, 0.4) is 0 Å². The first-order chi connectivity index (χ1) is 8.35. The molecule has 6 heteroatoms. The van der Waals surface area contributed by atoms with E-state index in [1.165, 1.54) is 0 Å². The lowest BCUT2D eigenvalue weighted by Gasteiger charge is -2.25. The Hall–Kier alpha value is -1.92. The van der Waals surface area contributed by atoms with Crippen LogP contribution in [0.1, 0.15) is 12.0 Å². The molecule has 2 atom stereocenters. The van der Waals surface area contributed by atoms with E-state index in [4.69, 9.17) is 15.9 Å². The Labute approximate surface area is 104 Å². The van der Waals surface area contributed by atoms with E-state index in [0.717, 1.165) is 0 Å². The molecule has 0 heterocycles. The summed E-state index contributed by atoms with van der Waals surface area (Å²) in [4.78, 5) is 21.7. The molecule has 0 aliphatic heterocycles. The first-order valence-electron chi connectivity index (χ1n) is 5.33. The van der Waals surface area contributed by atoms with Gasteiger partial charge in [-0.15, -0.1) is 0 Å². The van der Waals surface area contributed by atoms with E-state index in [1.54, 1.807) is 30.3 Å². The molecule has 2 unspecified atom stereocenters. The van der Waals surface area contributed by atoms with Crippen molar-refractivity contribution in [3.05, 3.63) is 35.9 Å². The third kappa shape index (κ3) is 3.54. The zero-order chi connectivity index (χ0) is 13.8. The zero-order valence-electron chi connectivity index (χ0n) is 9.61. The Balaban J connectivity index is 2.87. The van der Waals surface area contributed by atoms with E-state index in [2.05, 4.69) is 0 Å². The fraction of sp³-hybridized carbons (Fsp3) is 0.333. The summed E-state index contributed by atoms with van der Waals surface area (Å²) in [6.45, 7) is 0. The minimum Gasteiger partial charge on any atom is -0.480 e. The van der Waals surface area contributed by atoms with Crippen LogP contribution in [0.4, 0.5) is 0 Å². The number of benzene rings is 1. The number of aliphatic carboxylic acids is 2. The molecule has 0 bridgehead atoms. The number of carboxylic acids is 2. The molecule has 6 nitrogen and oxygen atoms in total. The zero-order valence-corrected chi connectivity index (χ0v) is 9.61. The summed E-state index contributed by atoms with van der Waals surface area (Å²) in [5.41, 5.74) is 3.69. The summed E-state index contributed by atoms with van der Waals surface area (Å²) in [6, 6.07) is 7.05. The molecular weight excluding hydrogens is 238 g/mol. The van der Waals surface area contributed by atoms with Crippen LogP contribution in [-0.4, -0.2) is 38.9 Å². The van der Waals surface area contributed by atoms with Crippen LogP contribution >= 0.6 is 0 Å². The molecule has 0 amide bonds. The summed E-state index contributed by atoms with van der Waals surface area (Å²) in [6.07, 6.45) is -0.739. The van der Waals surface area contributed by atoms with Gasteiger partial charge < -0.3 is 21.1 Å². The van der Waals surface area contributed by atoms with E-state index in [9.17, 15) is 14.7 Å². The second-order valence-electron chi connectivity index (χ2n) is 4.15. The number of nitrogens with two attached hydrogens (primary N) is 1. The minimum atomic E-state index is -2.18.